The first kappa shape index (κ1) is 15.8. The molecule has 0 aromatic rings. The van der Waals surface area contributed by atoms with E-state index in [1.807, 2.05) is 6.92 Å². The Kier molecular flexibility index (Phi) is 7.09. The summed E-state index contributed by atoms with van der Waals surface area (Å²) in [6, 6.07) is 0. The lowest BCUT2D eigenvalue weighted by Gasteiger charge is -2.28. The summed E-state index contributed by atoms with van der Waals surface area (Å²) < 4.78 is 32.8. The molecule has 0 saturated heterocycles. The van der Waals surface area contributed by atoms with Crippen LogP contribution in [0.5, 0.6) is 0 Å². The standard InChI is InChI=1S/C9H22N2O4S/c1-4-9(2,5-7-12)11-16(13,14)10-6-8-15-3/h10-12H,4-8H2,1-3H3. The molecular formula is C9H22N2O4S. The maximum atomic E-state index is 11.6. The molecule has 0 saturated carbocycles. The lowest BCUT2D eigenvalue weighted by atomic mass is 9.97. The van der Waals surface area contributed by atoms with Crippen molar-refractivity contribution < 1.29 is 18.3 Å². The normalized spacial score (nSPS) is 16.0. The average Bonchev–Trinajstić information content (AvgIpc) is 2.17. The molecule has 0 aromatic heterocycles. The summed E-state index contributed by atoms with van der Waals surface area (Å²) in [6.07, 6.45) is 0.993. The quantitative estimate of drug-likeness (QED) is 0.489. The van der Waals surface area contributed by atoms with E-state index < -0.39 is 15.7 Å². The Bertz CT molecular complexity index is 281. The maximum absolute atomic E-state index is 11.6. The van der Waals surface area contributed by atoms with E-state index in [1.165, 1.54) is 7.11 Å². The van der Waals surface area contributed by atoms with Gasteiger partial charge in [-0.15, -0.1) is 0 Å². The van der Waals surface area contributed by atoms with Crippen LogP contribution in [0.15, 0.2) is 0 Å². The molecule has 16 heavy (non-hydrogen) atoms. The lowest BCUT2D eigenvalue weighted by molar-refractivity contribution is 0.203. The highest BCUT2D eigenvalue weighted by molar-refractivity contribution is 7.87. The maximum Gasteiger partial charge on any atom is 0.277 e. The molecule has 0 radical (unpaired) electrons. The van der Waals surface area contributed by atoms with E-state index in [0.29, 0.717) is 19.4 Å². The minimum Gasteiger partial charge on any atom is -0.396 e. The van der Waals surface area contributed by atoms with Crippen molar-refractivity contribution in [2.45, 2.75) is 32.2 Å². The summed E-state index contributed by atoms with van der Waals surface area (Å²) in [4.78, 5) is 0. The molecule has 0 spiro atoms. The molecule has 1 atom stereocenters. The van der Waals surface area contributed by atoms with Crippen LogP contribution in [-0.4, -0.2) is 45.9 Å². The van der Waals surface area contributed by atoms with Crippen LogP contribution in [0.4, 0.5) is 0 Å². The Balaban J connectivity index is 4.31. The number of nitrogens with one attached hydrogen (secondary N) is 2. The predicted octanol–water partition coefficient (Wildman–Crippen LogP) is -0.392. The number of aliphatic hydroxyl groups is 1. The Morgan fingerprint density at radius 2 is 2.06 bits per heavy atom. The largest absolute Gasteiger partial charge is 0.396 e. The van der Waals surface area contributed by atoms with Crippen molar-refractivity contribution in [3.63, 3.8) is 0 Å². The summed E-state index contributed by atoms with van der Waals surface area (Å²) in [5.41, 5.74) is -0.617. The van der Waals surface area contributed by atoms with Crippen LogP contribution < -0.4 is 9.44 Å². The van der Waals surface area contributed by atoms with Crippen LogP contribution >= 0.6 is 0 Å². The van der Waals surface area contributed by atoms with Gasteiger partial charge in [0.15, 0.2) is 0 Å². The van der Waals surface area contributed by atoms with Crippen LogP contribution in [-0.2, 0) is 14.9 Å². The second-order valence-electron chi connectivity index (χ2n) is 3.88. The zero-order chi connectivity index (χ0) is 12.7. The molecule has 0 fully saturated rings. The number of aliphatic hydroxyl groups excluding tert-OH is 1. The summed E-state index contributed by atoms with van der Waals surface area (Å²) in [6.45, 7) is 4.13. The van der Waals surface area contributed by atoms with Crippen molar-refractivity contribution in [2.75, 3.05) is 26.9 Å². The minimum absolute atomic E-state index is 0.0507. The van der Waals surface area contributed by atoms with Gasteiger partial charge in [-0.05, 0) is 19.8 Å². The van der Waals surface area contributed by atoms with Crippen molar-refractivity contribution in [2.24, 2.45) is 0 Å². The molecule has 98 valence electrons. The van der Waals surface area contributed by atoms with Crippen LogP contribution in [0, 0.1) is 0 Å². The molecule has 3 N–H and O–H groups in total. The van der Waals surface area contributed by atoms with E-state index in [4.69, 9.17) is 9.84 Å². The number of hydrogen-bond acceptors (Lipinski definition) is 4. The zero-order valence-electron chi connectivity index (χ0n) is 10.1. The molecule has 1 unspecified atom stereocenters. The number of hydrogen-bond donors (Lipinski definition) is 3. The summed E-state index contributed by atoms with van der Waals surface area (Å²) in [5, 5.41) is 8.87. The van der Waals surface area contributed by atoms with Gasteiger partial charge in [0.2, 0.25) is 0 Å². The van der Waals surface area contributed by atoms with Crippen molar-refractivity contribution >= 4 is 10.2 Å². The van der Waals surface area contributed by atoms with Gasteiger partial charge < -0.3 is 9.84 Å². The smallest absolute Gasteiger partial charge is 0.277 e. The number of methoxy groups -OCH3 is 1. The predicted molar refractivity (Wildman–Crippen MR) is 62.3 cm³/mol. The summed E-state index contributed by atoms with van der Waals surface area (Å²) >= 11 is 0. The van der Waals surface area contributed by atoms with Crippen molar-refractivity contribution in [1.29, 1.82) is 0 Å². The first-order valence-corrected chi connectivity index (χ1v) is 6.76. The molecular weight excluding hydrogens is 232 g/mol. The van der Waals surface area contributed by atoms with Gasteiger partial charge in [-0.3, -0.25) is 0 Å². The molecule has 0 rings (SSSR count). The third-order valence-electron chi connectivity index (χ3n) is 2.42. The van der Waals surface area contributed by atoms with Crippen LogP contribution in [0.1, 0.15) is 26.7 Å². The SMILES string of the molecule is CCC(C)(CCO)NS(=O)(=O)NCCOC. The van der Waals surface area contributed by atoms with Crippen molar-refractivity contribution in [3.05, 3.63) is 0 Å². The van der Waals surface area contributed by atoms with E-state index in [0.717, 1.165) is 0 Å². The fourth-order valence-corrected chi connectivity index (χ4v) is 2.50. The summed E-state index contributed by atoms with van der Waals surface area (Å²) in [5.74, 6) is 0. The van der Waals surface area contributed by atoms with Crippen LogP contribution in [0.3, 0.4) is 0 Å². The minimum atomic E-state index is -3.54. The average molecular weight is 254 g/mol. The monoisotopic (exact) mass is 254 g/mol. The van der Waals surface area contributed by atoms with Gasteiger partial charge >= 0.3 is 0 Å². The fraction of sp³-hybridized carbons (Fsp3) is 1.00. The third-order valence-corrected chi connectivity index (χ3v) is 3.77. The topological polar surface area (TPSA) is 87.7 Å². The third kappa shape index (κ3) is 6.39. The number of rotatable bonds is 9. The molecule has 0 aromatic carbocycles. The molecule has 0 aliphatic rings. The molecule has 6 nitrogen and oxygen atoms in total. The molecule has 0 heterocycles. The molecule has 0 aliphatic heterocycles. The summed E-state index contributed by atoms with van der Waals surface area (Å²) in [7, 11) is -2.03. The number of ether oxygens (including phenoxy) is 1. The Labute approximate surface area is 97.6 Å². The van der Waals surface area contributed by atoms with Crippen molar-refractivity contribution in [1.82, 2.24) is 9.44 Å². The van der Waals surface area contributed by atoms with Gasteiger partial charge in [-0.25, -0.2) is 0 Å². The zero-order valence-corrected chi connectivity index (χ0v) is 10.9. The highest BCUT2D eigenvalue weighted by Crippen LogP contribution is 2.14. The Morgan fingerprint density at radius 1 is 1.44 bits per heavy atom. The van der Waals surface area contributed by atoms with Gasteiger partial charge in [0.05, 0.1) is 6.61 Å². The van der Waals surface area contributed by atoms with E-state index in [9.17, 15) is 8.42 Å². The Morgan fingerprint density at radius 3 is 2.50 bits per heavy atom. The van der Waals surface area contributed by atoms with Gasteiger partial charge in [0, 0.05) is 25.8 Å². The van der Waals surface area contributed by atoms with E-state index in [1.54, 1.807) is 6.92 Å². The van der Waals surface area contributed by atoms with E-state index in [2.05, 4.69) is 9.44 Å². The molecule has 0 aliphatic carbocycles. The fourth-order valence-electron chi connectivity index (χ4n) is 1.19. The second kappa shape index (κ2) is 7.18. The van der Waals surface area contributed by atoms with Crippen molar-refractivity contribution in [3.8, 4) is 0 Å². The molecule has 0 amide bonds. The van der Waals surface area contributed by atoms with E-state index in [-0.39, 0.29) is 13.2 Å². The van der Waals surface area contributed by atoms with Gasteiger partial charge in [0.1, 0.15) is 0 Å². The molecule has 0 bridgehead atoms. The first-order valence-electron chi connectivity index (χ1n) is 5.27. The Hall–Kier alpha value is -0.210. The van der Waals surface area contributed by atoms with Gasteiger partial charge in [-0.1, -0.05) is 6.92 Å². The van der Waals surface area contributed by atoms with Crippen LogP contribution in [0.2, 0.25) is 0 Å². The van der Waals surface area contributed by atoms with E-state index >= 15 is 0 Å². The van der Waals surface area contributed by atoms with Gasteiger partial charge in [-0.2, -0.15) is 17.9 Å². The highest BCUT2D eigenvalue weighted by atomic mass is 32.2. The van der Waals surface area contributed by atoms with Crippen LogP contribution in [0.25, 0.3) is 0 Å². The highest BCUT2D eigenvalue weighted by Gasteiger charge is 2.26. The molecule has 7 heteroatoms. The first-order chi connectivity index (χ1) is 7.39. The second-order valence-corrected chi connectivity index (χ2v) is 5.38. The lowest BCUT2D eigenvalue weighted by Crippen LogP contribution is -2.51. The van der Waals surface area contributed by atoms with Gasteiger partial charge in [0.25, 0.3) is 10.2 Å².